The van der Waals surface area contributed by atoms with Gasteiger partial charge in [0.25, 0.3) is 0 Å². The van der Waals surface area contributed by atoms with Gasteiger partial charge in [-0.1, -0.05) is 44.2 Å². The van der Waals surface area contributed by atoms with Crippen LogP contribution < -0.4 is 5.32 Å². The minimum absolute atomic E-state index is 0.0216. The lowest BCUT2D eigenvalue weighted by molar-refractivity contribution is 0.180. The first-order valence-electron chi connectivity index (χ1n) is 8.70. The Balaban J connectivity index is 2.67. The number of nitrogens with one attached hydrogen (secondary N) is 1. The van der Waals surface area contributed by atoms with Gasteiger partial charge in [-0.25, -0.2) is 4.79 Å². The molecule has 0 aliphatic rings. The summed E-state index contributed by atoms with van der Waals surface area (Å²) < 4.78 is 0. The topological polar surface area (TPSA) is 38.8 Å². The summed E-state index contributed by atoms with van der Waals surface area (Å²) in [5.74, 6) is 0.455. The van der Waals surface area contributed by atoms with Crippen LogP contribution in [0.2, 0.25) is 0 Å². The molecule has 1 aromatic rings. The molecule has 136 valence electrons. The smallest absolute Gasteiger partial charge is 0.317 e. The molecule has 1 rings (SSSR count). The third kappa shape index (κ3) is 7.32. The Bertz CT molecular complexity index is 474. The SMILES string of the molecule is CC(C)CN(CCN(C)C)C(=O)NCC(c1ccccc1)N(C)C. The van der Waals surface area contributed by atoms with E-state index in [1.54, 1.807) is 0 Å². The van der Waals surface area contributed by atoms with Crippen molar-refractivity contribution in [1.29, 1.82) is 0 Å². The van der Waals surface area contributed by atoms with Crippen LogP contribution in [-0.2, 0) is 0 Å². The number of hydrogen-bond donors (Lipinski definition) is 1. The second kappa shape index (κ2) is 10.3. The molecule has 0 aliphatic heterocycles. The molecule has 1 atom stereocenters. The van der Waals surface area contributed by atoms with Crippen LogP contribution in [0.1, 0.15) is 25.5 Å². The first-order chi connectivity index (χ1) is 11.3. The van der Waals surface area contributed by atoms with Crippen LogP contribution in [0.5, 0.6) is 0 Å². The normalized spacial score (nSPS) is 12.7. The number of urea groups is 1. The lowest BCUT2D eigenvalue weighted by Crippen LogP contribution is -2.46. The molecular formula is C19H34N4O. The van der Waals surface area contributed by atoms with Crippen molar-refractivity contribution in [2.75, 3.05) is 54.4 Å². The van der Waals surface area contributed by atoms with Crippen LogP contribution >= 0.6 is 0 Å². The largest absolute Gasteiger partial charge is 0.336 e. The van der Waals surface area contributed by atoms with E-state index in [1.807, 2.05) is 51.3 Å². The number of nitrogens with zero attached hydrogens (tertiary/aromatic N) is 3. The Morgan fingerprint density at radius 3 is 2.17 bits per heavy atom. The van der Waals surface area contributed by atoms with Crippen molar-refractivity contribution >= 4 is 6.03 Å². The van der Waals surface area contributed by atoms with Gasteiger partial charge in [0.15, 0.2) is 0 Å². The average Bonchev–Trinajstić information content (AvgIpc) is 2.51. The first kappa shape index (κ1) is 20.5. The molecule has 0 aromatic heterocycles. The van der Waals surface area contributed by atoms with Crippen molar-refractivity contribution in [2.45, 2.75) is 19.9 Å². The summed E-state index contributed by atoms with van der Waals surface area (Å²) in [7, 11) is 8.15. The van der Waals surface area contributed by atoms with Crippen LogP contribution in [0.4, 0.5) is 4.79 Å². The zero-order chi connectivity index (χ0) is 18.1. The Morgan fingerprint density at radius 1 is 1.04 bits per heavy atom. The van der Waals surface area contributed by atoms with Gasteiger partial charge < -0.3 is 20.0 Å². The van der Waals surface area contributed by atoms with E-state index in [9.17, 15) is 4.79 Å². The first-order valence-corrected chi connectivity index (χ1v) is 8.70. The number of amides is 2. The second-order valence-electron chi connectivity index (χ2n) is 7.22. The zero-order valence-electron chi connectivity index (χ0n) is 16.1. The van der Waals surface area contributed by atoms with Crippen molar-refractivity contribution < 1.29 is 4.79 Å². The van der Waals surface area contributed by atoms with Gasteiger partial charge in [0.05, 0.1) is 6.04 Å². The minimum Gasteiger partial charge on any atom is -0.336 e. The lowest BCUT2D eigenvalue weighted by Gasteiger charge is -2.29. The number of hydrogen-bond acceptors (Lipinski definition) is 3. The molecule has 0 saturated heterocycles. The van der Waals surface area contributed by atoms with Crippen LogP contribution in [0.15, 0.2) is 30.3 Å². The lowest BCUT2D eigenvalue weighted by atomic mass is 10.1. The maximum absolute atomic E-state index is 12.6. The minimum atomic E-state index is 0.0216. The third-order valence-corrected chi connectivity index (χ3v) is 3.94. The van der Waals surface area contributed by atoms with Gasteiger partial charge in [-0.15, -0.1) is 0 Å². The molecule has 5 nitrogen and oxygen atoms in total. The van der Waals surface area contributed by atoms with E-state index in [0.29, 0.717) is 12.5 Å². The molecule has 0 fully saturated rings. The predicted molar refractivity (Wildman–Crippen MR) is 101 cm³/mol. The van der Waals surface area contributed by atoms with Gasteiger partial charge in [-0.3, -0.25) is 0 Å². The molecule has 0 heterocycles. The fourth-order valence-corrected chi connectivity index (χ4v) is 2.61. The van der Waals surface area contributed by atoms with Crippen molar-refractivity contribution in [3.8, 4) is 0 Å². The van der Waals surface area contributed by atoms with E-state index in [2.05, 4.69) is 41.1 Å². The van der Waals surface area contributed by atoms with E-state index in [4.69, 9.17) is 0 Å². The molecule has 0 aliphatic carbocycles. The number of benzene rings is 1. The van der Waals surface area contributed by atoms with Crippen molar-refractivity contribution in [3.05, 3.63) is 35.9 Å². The van der Waals surface area contributed by atoms with Crippen molar-refractivity contribution in [2.24, 2.45) is 5.92 Å². The Labute approximate surface area is 147 Å². The fraction of sp³-hybridized carbons (Fsp3) is 0.632. The summed E-state index contributed by atoms with van der Waals surface area (Å²) in [4.78, 5) is 18.8. The maximum Gasteiger partial charge on any atom is 0.317 e. The van der Waals surface area contributed by atoms with Gasteiger partial charge in [-0.2, -0.15) is 0 Å². The highest BCUT2D eigenvalue weighted by molar-refractivity contribution is 5.74. The summed E-state index contributed by atoms with van der Waals surface area (Å²) in [6.07, 6.45) is 0. The van der Waals surface area contributed by atoms with Crippen molar-refractivity contribution in [3.63, 3.8) is 0 Å². The zero-order valence-corrected chi connectivity index (χ0v) is 16.1. The van der Waals surface area contributed by atoms with E-state index < -0.39 is 0 Å². The molecule has 2 amide bonds. The van der Waals surface area contributed by atoms with Crippen LogP contribution in [0.25, 0.3) is 0 Å². The van der Waals surface area contributed by atoms with Gasteiger partial charge in [-0.05, 0) is 39.7 Å². The van der Waals surface area contributed by atoms with Gasteiger partial charge in [0.2, 0.25) is 0 Å². The molecule has 0 radical (unpaired) electrons. The highest BCUT2D eigenvalue weighted by Gasteiger charge is 2.19. The molecular weight excluding hydrogens is 300 g/mol. The summed E-state index contributed by atoms with van der Waals surface area (Å²) in [5, 5.41) is 3.12. The molecule has 1 unspecified atom stereocenters. The van der Waals surface area contributed by atoms with Crippen LogP contribution in [-0.4, -0.2) is 75.1 Å². The van der Waals surface area contributed by atoms with Crippen LogP contribution in [0, 0.1) is 5.92 Å². The van der Waals surface area contributed by atoms with Crippen LogP contribution in [0.3, 0.4) is 0 Å². The van der Waals surface area contributed by atoms with E-state index in [0.717, 1.165) is 19.6 Å². The quantitative estimate of drug-likeness (QED) is 0.754. The van der Waals surface area contributed by atoms with Gasteiger partial charge in [0, 0.05) is 26.2 Å². The predicted octanol–water partition coefficient (Wildman–Crippen LogP) is 2.52. The van der Waals surface area contributed by atoms with Gasteiger partial charge >= 0.3 is 6.03 Å². The molecule has 1 N–H and O–H groups in total. The highest BCUT2D eigenvalue weighted by Crippen LogP contribution is 2.16. The molecule has 0 saturated carbocycles. The molecule has 0 bridgehead atoms. The molecule has 24 heavy (non-hydrogen) atoms. The molecule has 5 heteroatoms. The number of likely N-dealkylation sites (N-methyl/N-ethyl adjacent to an activating group) is 2. The molecule has 1 aromatic carbocycles. The molecule has 0 spiro atoms. The summed E-state index contributed by atoms with van der Waals surface area (Å²) in [6.45, 7) is 7.28. The number of carbonyl (C=O) groups excluding carboxylic acids is 1. The maximum atomic E-state index is 12.6. The fourth-order valence-electron chi connectivity index (χ4n) is 2.61. The third-order valence-electron chi connectivity index (χ3n) is 3.94. The number of carbonyl (C=O) groups is 1. The van der Waals surface area contributed by atoms with Gasteiger partial charge in [0.1, 0.15) is 0 Å². The van der Waals surface area contributed by atoms with Crippen molar-refractivity contribution in [1.82, 2.24) is 20.0 Å². The monoisotopic (exact) mass is 334 g/mol. The Hall–Kier alpha value is -1.59. The Kier molecular flexibility index (Phi) is 8.79. The highest BCUT2D eigenvalue weighted by atomic mass is 16.2. The standard InChI is InChI=1S/C19H34N4O/c1-16(2)15-23(13-12-21(3)4)19(24)20-14-18(22(5)6)17-10-8-7-9-11-17/h7-11,16,18H,12-15H2,1-6H3,(H,20,24). The number of rotatable bonds is 9. The van der Waals surface area contributed by atoms with E-state index in [1.165, 1.54) is 5.56 Å². The summed E-state index contributed by atoms with van der Waals surface area (Å²) in [5.41, 5.74) is 1.21. The summed E-state index contributed by atoms with van der Waals surface area (Å²) >= 11 is 0. The second-order valence-corrected chi connectivity index (χ2v) is 7.22. The van der Waals surface area contributed by atoms with E-state index >= 15 is 0 Å². The summed E-state index contributed by atoms with van der Waals surface area (Å²) in [6, 6.07) is 10.5. The van der Waals surface area contributed by atoms with E-state index in [-0.39, 0.29) is 12.1 Å². The average molecular weight is 335 g/mol. The Morgan fingerprint density at radius 2 is 1.67 bits per heavy atom.